The highest BCUT2D eigenvalue weighted by Crippen LogP contribution is 2.27. The average molecular weight is 225 g/mol. The zero-order valence-corrected chi connectivity index (χ0v) is 10.2. The number of rotatable bonds is 4. The summed E-state index contributed by atoms with van der Waals surface area (Å²) < 4.78 is 0. The van der Waals surface area contributed by atoms with Crippen molar-refractivity contribution in [1.82, 2.24) is 4.90 Å². The van der Waals surface area contributed by atoms with Crippen LogP contribution in [0.1, 0.15) is 39.0 Å². The summed E-state index contributed by atoms with van der Waals surface area (Å²) in [5.41, 5.74) is 0. The van der Waals surface area contributed by atoms with Gasteiger partial charge >= 0.3 is 0 Å². The van der Waals surface area contributed by atoms with Gasteiger partial charge in [-0.3, -0.25) is 9.69 Å². The molecule has 0 spiro atoms. The minimum absolute atomic E-state index is 0.230. The van der Waals surface area contributed by atoms with Crippen LogP contribution in [0, 0.1) is 11.8 Å². The van der Waals surface area contributed by atoms with Crippen molar-refractivity contribution < 1.29 is 9.90 Å². The Morgan fingerprint density at radius 3 is 2.62 bits per heavy atom. The molecule has 0 radical (unpaired) electrons. The second kappa shape index (κ2) is 5.28. The molecule has 0 aromatic heterocycles. The van der Waals surface area contributed by atoms with Crippen LogP contribution in [0.3, 0.4) is 0 Å². The molecule has 2 unspecified atom stereocenters. The molecular weight excluding hydrogens is 202 g/mol. The molecule has 1 aliphatic heterocycles. The van der Waals surface area contributed by atoms with Gasteiger partial charge in [0.25, 0.3) is 0 Å². The molecule has 1 aliphatic carbocycles. The first-order valence-corrected chi connectivity index (χ1v) is 6.60. The maximum absolute atomic E-state index is 12.0. The maximum Gasteiger partial charge on any atom is 0.149 e. The normalized spacial score (nSPS) is 29.8. The van der Waals surface area contributed by atoms with Crippen LogP contribution in [-0.2, 0) is 4.79 Å². The highest BCUT2D eigenvalue weighted by atomic mass is 16.3. The minimum atomic E-state index is -0.230. The van der Waals surface area contributed by atoms with Crippen LogP contribution in [0.25, 0.3) is 0 Å². The fourth-order valence-electron chi connectivity index (χ4n) is 3.00. The molecule has 1 saturated carbocycles. The third kappa shape index (κ3) is 2.83. The Labute approximate surface area is 97.8 Å². The summed E-state index contributed by atoms with van der Waals surface area (Å²) in [7, 11) is 0. The van der Waals surface area contributed by atoms with Gasteiger partial charge in [0.15, 0.2) is 0 Å². The van der Waals surface area contributed by atoms with Crippen molar-refractivity contribution in [3.8, 4) is 0 Å². The lowest BCUT2D eigenvalue weighted by atomic mass is 10.0. The van der Waals surface area contributed by atoms with E-state index in [1.807, 2.05) is 6.92 Å². The van der Waals surface area contributed by atoms with Crippen molar-refractivity contribution in [3.63, 3.8) is 0 Å². The molecule has 1 saturated heterocycles. The number of aliphatic hydroxyl groups is 1. The first-order chi connectivity index (χ1) is 7.66. The molecule has 1 N–H and O–H groups in total. The van der Waals surface area contributed by atoms with E-state index in [1.165, 1.54) is 12.8 Å². The van der Waals surface area contributed by atoms with Crippen LogP contribution in [0.4, 0.5) is 0 Å². The molecule has 0 aromatic carbocycles. The predicted molar refractivity (Wildman–Crippen MR) is 63.2 cm³/mol. The Kier molecular flexibility index (Phi) is 3.98. The number of carbonyl (C=O) groups excluding carboxylic acids is 1. The fraction of sp³-hybridized carbons (Fsp3) is 0.923. The second-order valence-corrected chi connectivity index (χ2v) is 5.47. The van der Waals surface area contributed by atoms with E-state index in [-0.39, 0.29) is 6.10 Å². The molecule has 0 bridgehead atoms. The van der Waals surface area contributed by atoms with Gasteiger partial charge in [0, 0.05) is 12.5 Å². The molecule has 3 heteroatoms. The zero-order chi connectivity index (χ0) is 11.5. The van der Waals surface area contributed by atoms with Crippen molar-refractivity contribution in [3.05, 3.63) is 0 Å². The summed E-state index contributed by atoms with van der Waals surface area (Å²) in [4.78, 5) is 14.2. The lowest BCUT2D eigenvalue weighted by Crippen LogP contribution is -2.32. The van der Waals surface area contributed by atoms with Gasteiger partial charge in [-0.15, -0.1) is 0 Å². The smallest absolute Gasteiger partial charge is 0.149 e. The third-order valence-corrected chi connectivity index (χ3v) is 4.18. The molecule has 3 nitrogen and oxygen atoms in total. The predicted octanol–water partition coefficient (Wildman–Crippen LogP) is 1.45. The van der Waals surface area contributed by atoms with Gasteiger partial charge in [-0.25, -0.2) is 0 Å². The van der Waals surface area contributed by atoms with Gasteiger partial charge in [0.05, 0.1) is 12.6 Å². The Morgan fingerprint density at radius 2 is 2.06 bits per heavy atom. The van der Waals surface area contributed by atoms with Crippen LogP contribution < -0.4 is 0 Å². The minimum Gasteiger partial charge on any atom is -0.393 e. The molecule has 16 heavy (non-hydrogen) atoms. The summed E-state index contributed by atoms with van der Waals surface area (Å²) in [6.45, 7) is 4.35. The molecule has 0 amide bonds. The molecule has 2 atom stereocenters. The molecule has 92 valence electrons. The fourth-order valence-corrected chi connectivity index (χ4v) is 3.00. The van der Waals surface area contributed by atoms with Gasteiger partial charge in [-0.05, 0) is 38.6 Å². The van der Waals surface area contributed by atoms with Crippen LogP contribution in [-0.4, -0.2) is 41.5 Å². The quantitative estimate of drug-likeness (QED) is 0.787. The van der Waals surface area contributed by atoms with Gasteiger partial charge in [0.2, 0.25) is 0 Å². The Bertz CT molecular complexity index is 246. The van der Waals surface area contributed by atoms with E-state index in [0.29, 0.717) is 24.2 Å². The average Bonchev–Trinajstić information content (AvgIpc) is 2.87. The summed E-state index contributed by atoms with van der Waals surface area (Å²) in [5.74, 6) is 1.14. The van der Waals surface area contributed by atoms with E-state index in [4.69, 9.17) is 0 Å². The number of ketones is 1. The molecule has 2 aliphatic rings. The summed E-state index contributed by atoms with van der Waals surface area (Å²) >= 11 is 0. The number of hydrogen-bond donors (Lipinski definition) is 1. The van der Waals surface area contributed by atoms with Crippen LogP contribution in [0.2, 0.25) is 0 Å². The number of hydrogen-bond acceptors (Lipinski definition) is 3. The van der Waals surface area contributed by atoms with Crippen molar-refractivity contribution in [2.75, 3.05) is 19.6 Å². The number of likely N-dealkylation sites (tertiary alicyclic amines) is 1. The summed E-state index contributed by atoms with van der Waals surface area (Å²) in [6, 6.07) is 0. The van der Waals surface area contributed by atoms with E-state index < -0.39 is 0 Å². The number of aliphatic hydroxyl groups excluding tert-OH is 1. The van der Waals surface area contributed by atoms with Crippen molar-refractivity contribution in [2.24, 2.45) is 11.8 Å². The number of Topliss-reactive ketones (excluding diaryl/α,β-unsaturated/α-hetero) is 1. The molecule has 2 fully saturated rings. The van der Waals surface area contributed by atoms with E-state index in [2.05, 4.69) is 4.90 Å². The Balaban J connectivity index is 1.76. The number of carbonyl (C=O) groups is 1. The zero-order valence-electron chi connectivity index (χ0n) is 10.2. The molecule has 0 aromatic rings. The highest BCUT2D eigenvalue weighted by molar-refractivity contribution is 5.83. The standard InChI is InChI=1S/C13H23NO2/c1-10(15)12-6-7-14(8-12)9-13(16)11-4-2-3-5-11/h10-12,15H,2-9H2,1H3. The maximum atomic E-state index is 12.0. The SMILES string of the molecule is CC(O)C1CCN(CC(=O)C2CCCC2)C1. The van der Waals surface area contributed by atoms with E-state index in [9.17, 15) is 9.90 Å². The first kappa shape index (κ1) is 12.1. The summed E-state index contributed by atoms with van der Waals surface area (Å²) in [6.07, 6.45) is 5.47. The Hall–Kier alpha value is -0.410. The van der Waals surface area contributed by atoms with E-state index >= 15 is 0 Å². The van der Waals surface area contributed by atoms with Crippen molar-refractivity contribution >= 4 is 5.78 Å². The van der Waals surface area contributed by atoms with E-state index in [1.54, 1.807) is 0 Å². The van der Waals surface area contributed by atoms with Gasteiger partial charge in [-0.1, -0.05) is 12.8 Å². The molecule has 2 rings (SSSR count). The van der Waals surface area contributed by atoms with Gasteiger partial charge < -0.3 is 5.11 Å². The third-order valence-electron chi connectivity index (χ3n) is 4.18. The van der Waals surface area contributed by atoms with Crippen LogP contribution in [0.15, 0.2) is 0 Å². The summed E-state index contributed by atoms with van der Waals surface area (Å²) in [5, 5.41) is 9.50. The van der Waals surface area contributed by atoms with Crippen LogP contribution >= 0.6 is 0 Å². The van der Waals surface area contributed by atoms with E-state index in [0.717, 1.165) is 32.4 Å². The molecule has 1 heterocycles. The van der Waals surface area contributed by atoms with Crippen molar-refractivity contribution in [2.45, 2.75) is 45.1 Å². The topological polar surface area (TPSA) is 40.5 Å². The van der Waals surface area contributed by atoms with Crippen molar-refractivity contribution in [1.29, 1.82) is 0 Å². The highest BCUT2D eigenvalue weighted by Gasteiger charge is 2.29. The largest absolute Gasteiger partial charge is 0.393 e. The second-order valence-electron chi connectivity index (χ2n) is 5.47. The lowest BCUT2D eigenvalue weighted by Gasteiger charge is -2.18. The van der Waals surface area contributed by atoms with Crippen LogP contribution in [0.5, 0.6) is 0 Å². The lowest BCUT2D eigenvalue weighted by molar-refractivity contribution is -0.123. The number of nitrogens with zero attached hydrogens (tertiary/aromatic N) is 1. The monoisotopic (exact) mass is 225 g/mol. The molecular formula is C13H23NO2. The van der Waals surface area contributed by atoms with Gasteiger partial charge in [0.1, 0.15) is 5.78 Å². The Morgan fingerprint density at radius 1 is 1.38 bits per heavy atom. The first-order valence-electron chi connectivity index (χ1n) is 6.60. The van der Waals surface area contributed by atoms with Gasteiger partial charge in [-0.2, -0.15) is 0 Å².